The number of nitrogens with zero attached hydrogens (tertiary/aromatic N) is 5. The highest BCUT2D eigenvalue weighted by molar-refractivity contribution is 5.79. The summed E-state index contributed by atoms with van der Waals surface area (Å²) in [5, 5.41) is 15.2. The number of methoxy groups -OCH3 is 1. The summed E-state index contributed by atoms with van der Waals surface area (Å²) in [6.45, 7) is 8.36. The monoisotopic (exact) mass is 399 g/mol. The van der Waals surface area contributed by atoms with E-state index in [9.17, 15) is 0 Å². The fourth-order valence-corrected chi connectivity index (χ4v) is 3.61. The van der Waals surface area contributed by atoms with E-state index in [1.54, 1.807) is 7.11 Å². The zero-order chi connectivity index (χ0) is 20.6. The summed E-state index contributed by atoms with van der Waals surface area (Å²) in [6.07, 6.45) is 2.51. The Morgan fingerprint density at radius 2 is 1.90 bits per heavy atom. The van der Waals surface area contributed by atoms with Crippen molar-refractivity contribution in [1.29, 1.82) is 0 Å². The van der Waals surface area contributed by atoms with Crippen LogP contribution in [0.2, 0.25) is 0 Å². The van der Waals surface area contributed by atoms with Gasteiger partial charge in [-0.3, -0.25) is 4.90 Å². The lowest BCUT2D eigenvalue weighted by atomic mass is 10.1. The van der Waals surface area contributed by atoms with Crippen LogP contribution >= 0.6 is 0 Å². The van der Waals surface area contributed by atoms with Crippen molar-refractivity contribution < 1.29 is 4.74 Å². The molecule has 0 radical (unpaired) electrons. The minimum Gasteiger partial charge on any atom is -0.497 e. The Morgan fingerprint density at radius 3 is 2.48 bits per heavy atom. The number of rotatable bonds is 8. The highest BCUT2D eigenvalue weighted by Crippen LogP contribution is 2.26. The van der Waals surface area contributed by atoms with Gasteiger partial charge in [0.15, 0.2) is 11.8 Å². The molecule has 8 nitrogen and oxygen atoms in total. The first-order chi connectivity index (χ1) is 14.1. The van der Waals surface area contributed by atoms with Crippen molar-refractivity contribution in [2.75, 3.05) is 33.3 Å². The van der Waals surface area contributed by atoms with Gasteiger partial charge in [-0.05, 0) is 57.5 Å². The van der Waals surface area contributed by atoms with E-state index in [1.807, 2.05) is 30.7 Å². The zero-order valence-electron chi connectivity index (χ0n) is 18.0. The van der Waals surface area contributed by atoms with E-state index in [4.69, 9.17) is 9.73 Å². The first-order valence-electron chi connectivity index (χ1n) is 10.4. The topological polar surface area (TPSA) is 79.6 Å². The molecule has 1 fully saturated rings. The minimum atomic E-state index is 0.296. The molecule has 0 aliphatic carbocycles. The van der Waals surface area contributed by atoms with Gasteiger partial charge < -0.3 is 19.9 Å². The van der Waals surface area contributed by atoms with Gasteiger partial charge in [-0.1, -0.05) is 12.1 Å². The van der Waals surface area contributed by atoms with E-state index >= 15 is 0 Å². The summed E-state index contributed by atoms with van der Waals surface area (Å²) in [5.41, 5.74) is 1.29. The fraction of sp³-hybridized carbons (Fsp3) is 0.571. The molecular weight excluding hydrogens is 366 g/mol. The van der Waals surface area contributed by atoms with Crippen LogP contribution in [0.4, 0.5) is 0 Å². The molecule has 0 spiro atoms. The lowest BCUT2D eigenvalue weighted by molar-refractivity contribution is 0.245. The summed E-state index contributed by atoms with van der Waals surface area (Å²) >= 11 is 0. The molecule has 29 heavy (non-hydrogen) atoms. The lowest BCUT2D eigenvalue weighted by Crippen LogP contribution is -2.42. The smallest absolute Gasteiger partial charge is 0.191 e. The number of likely N-dealkylation sites (tertiary alicyclic amines) is 1. The van der Waals surface area contributed by atoms with Crippen LogP contribution in [0.1, 0.15) is 43.0 Å². The van der Waals surface area contributed by atoms with Crippen LogP contribution in [-0.2, 0) is 13.6 Å². The van der Waals surface area contributed by atoms with Crippen molar-refractivity contribution >= 4 is 5.96 Å². The molecule has 0 amide bonds. The molecule has 8 heteroatoms. The normalized spacial score (nSPS) is 16.1. The Hall–Kier alpha value is -2.61. The summed E-state index contributed by atoms with van der Waals surface area (Å²) in [6, 6.07) is 8.69. The first kappa shape index (κ1) is 21.1. The molecule has 1 aliphatic rings. The van der Waals surface area contributed by atoms with Crippen LogP contribution in [0, 0.1) is 6.92 Å². The minimum absolute atomic E-state index is 0.296. The Morgan fingerprint density at radius 1 is 1.17 bits per heavy atom. The number of hydrogen-bond donors (Lipinski definition) is 2. The average molecular weight is 400 g/mol. The zero-order valence-corrected chi connectivity index (χ0v) is 18.0. The molecule has 2 heterocycles. The fourth-order valence-electron chi connectivity index (χ4n) is 3.61. The van der Waals surface area contributed by atoms with E-state index in [1.165, 1.54) is 18.4 Å². The van der Waals surface area contributed by atoms with Gasteiger partial charge in [0, 0.05) is 20.1 Å². The number of aliphatic imine (C=N–C) groups is 1. The van der Waals surface area contributed by atoms with Crippen LogP contribution < -0.4 is 15.4 Å². The Bertz CT molecular complexity index is 794. The Kier molecular flexibility index (Phi) is 7.46. The lowest BCUT2D eigenvalue weighted by Gasteiger charge is -2.29. The molecule has 1 saturated heterocycles. The van der Waals surface area contributed by atoms with Gasteiger partial charge in [-0.25, -0.2) is 4.99 Å². The maximum absolute atomic E-state index is 5.32. The summed E-state index contributed by atoms with van der Waals surface area (Å²) in [7, 11) is 3.67. The van der Waals surface area contributed by atoms with E-state index in [2.05, 4.69) is 44.8 Å². The number of hydrogen-bond acceptors (Lipinski definition) is 5. The van der Waals surface area contributed by atoms with E-state index in [0.717, 1.165) is 49.5 Å². The summed E-state index contributed by atoms with van der Waals surface area (Å²) in [5.74, 6) is 3.43. The molecule has 2 aromatic rings. The average Bonchev–Trinajstić information content (AvgIpc) is 3.38. The molecule has 158 valence electrons. The van der Waals surface area contributed by atoms with Crippen LogP contribution in [0.3, 0.4) is 0 Å². The Balaban J connectivity index is 1.70. The van der Waals surface area contributed by atoms with Crippen LogP contribution in [0.15, 0.2) is 29.3 Å². The standard InChI is InChI=1S/C21H33N7O/c1-5-22-21(24-15-20-26-25-16(2)27(20)3)23-14-19(28-12-6-7-13-28)17-8-10-18(29-4)11-9-17/h8-11,19H,5-7,12-15H2,1-4H3,(H2,22,23,24). The number of benzene rings is 1. The van der Waals surface area contributed by atoms with E-state index in [-0.39, 0.29) is 0 Å². The summed E-state index contributed by atoms with van der Waals surface area (Å²) < 4.78 is 7.29. The maximum atomic E-state index is 5.32. The predicted octanol–water partition coefficient (Wildman–Crippen LogP) is 2.02. The number of ether oxygens (including phenoxy) is 1. The highest BCUT2D eigenvalue weighted by Gasteiger charge is 2.23. The van der Waals surface area contributed by atoms with Crippen LogP contribution in [0.25, 0.3) is 0 Å². The van der Waals surface area contributed by atoms with Gasteiger partial charge in [-0.2, -0.15) is 0 Å². The SMILES string of the molecule is CCNC(=NCc1nnc(C)n1C)NCC(c1ccc(OC)cc1)N1CCCC1. The van der Waals surface area contributed by atoms with Crippen molar-refractivity contribution in [3.05, 3.63) is 41.5 Å². The quantitative estimate of drug-likeness (QED) is 0.522. The number of aromatic nitrogens is 3. The molecule has 0 saturated carbocycles. The van der Waals surface area contributed by atoms with Gasteiger partial charge in [-0.15, -0.1) is 10.2 Å². The van der Waals surface area contributed by atoms with Crippen molar-refractivity contribution in [3.63, 3.8) is 0 Å². The third-order valence-electron chi connectivity index (χ3n) is 5.45. The van der Waals surface area contributed by atoms with Crippen LogP contribution in [-0.4, -0.2) is 58.9 Å². The molecular formula is C21H33N7O. The molecule has 0 bridgehead atoms. The molecule has 3 rings (SSSR count). The van der Waals surface area contributed by atoms with Crippen molar-refractivity contribution in [3.8, 4) is 5.75 Å². The largest absolute Gasteiger partial charge is 0.497 e. The van der Waals surface area contributed by atoms with Gasteiger partial charge >= 0.3 is 0 Å². The molecule has 1 aliphatic heterocycles. The number of aryl methyl sites for hydroxylation is 1. The highest BCUT2D eigenvalue weighted by atomic mass is 16.5. The van der Waals surface area contributed by atoms with Gasteiger partial charge in [0.25, 0.3) is 0 Å². The molecule has 1 aromatic heterocycles. The first-order valence-corrected chi connectivity index (χ1v) is 10.4. The van der Waals surface area contributed by atoms with Gasteiger partial charge in [0.1, 0.15) is 18.1 Å². The molecule has 1 aromatic carbocycles. The van der Waals surface area contributed by atoms with Gasteiger partial charge in [0.05, 0.1) is 13.2 Å². The van der Waals surface area contributed by atoms with E-state index in [0.29, 0.717) is 12.6 Å². The van der Waals surface area contributed by atoms with Gasteiger partial charge in [0.2, 0.25) is 0 Å². The van der Waals surface area contributed by atoms with E-state index < -0.39 is 0 Å². The van der Waals surface area contributed by atoms with Crippen molar-refractivity contribution in [2.45, 2.75) is 39.3 Å². The second-order valence-electron chi connectivity index (χ2n) is 7.33. The second-order valence-corrected chi connectivity index (χ2v) is 7.33. The molecule has 2 N–H and O–H groups in total. The predicted molar refractivity (Wildman–Crippen MR) is 115 cm³/mol. The number of guanidine groups is 1. The van der Waals surface area contributed by atoms with Crippen molar-refractivity contribution in [2.24, 2.45) is 12.0 Å². The molecule has 1 unspecified atom stereocenters. The van der Waals surface area contributed by atoms with Crippen LogP contribution in [0.5, 0.6) is 5.75 Å². The Labute approximate surface area is 173 Å². The summed E-state index contributed by atoms with van der Waals surface area (Å²) in [4.78, 5) is 7.26. The number of nitrogens with one attached hydrogen (secondary N) is 2. The second kappa shape index (κ2) is 10.2. The van der Waals surface area contributed by atoms with Crippen molar-refractivity contribution in [1.82, 2.24) is 30.3 Å². The maximum Gasteiger partial charge on any atom is 0.191 e. The third-order valence-corrected chi connectivity index (χ3v) is 5.45. The third kappa shape index (κ3) is 5.47. The molecule has 1 atom stereocenters.